The molecular formula is C14H11F3N4. The number of anilines is 1. The van der Waals surface area contributed by atoms with Crippen molar-refractivity contribution in [1.29, 1.82) is 0 Å². The SMILES string of the molecule is Nc1ccnc2c(Cc3cccc(C(F)(F)F)c3)cnn12. The van der Waals surface area contributed by atoms with Crippen LogP contribution < -0.4 is 5.73 Å². The molecule has 7 heteroatoms. The Balaban J connectivity index is 1.98. The largest absolute Gasteiger partial charge is 0.416 e. The van der Waals surface area contributed by atoms with E-state index in [1.165, 1.54) is 10.6 Å². The van der Waals surface area contributed by atoms with Crippen LogP contribution in [0, 0.1) is 0 Å². The van der Waals surface area contributed by atoms with Crippen LogP contribution in [0.1, 0.15) is 16.7 Å². The second-order valence-electron chi connectivity index (χ2n) is 4.65. The normalized spacial score (nSPS) is 12.0. The molecule has 0 aliphatic heterocycles. The minimum Gasteiger partial charge on any atom is -0.384 e. The summed E-state index contributed by atoms with van der Waals surface area (Å²) in [5, 5.41) is 4.09. The van der Waals surface area contributed by atoms with Gasteiger partial charge in [-0.3, -0.25) is 0 Å². The second kappa shape index (κ2) is 4.76. The third-order valence-electron chi connectivity index (χ3n) is 3.15. The van der Waals surface area contributed by atoms with Gasteiger partial charge in [0.2, 0.25) is 0 Å². The van der Waals surface area contributed by atoms with E-state index in [2.05, 4.69) is 10.1 Å². The molecule has 0 spiro atoms. The number of nitrogens with zero attached hydrogens (tertiary/aromatic N) is 3. The molecule has 0 saturated heterocycles. The van der Waals surface area contributed by atoms with Crippen molar-refractivity contribution in [3.05, 3.63) is 59.4 Å². The Labute approximate surface area is 118 Å². The minimum atomic E-state index is -4.35. The molecule has 0 radical (unpaired) electrons. The number of hydrogen-bond donors (Lipinski definition) is 1. The van der Waals surface area contributed by atoms with Crippen LogP contribution in [0.4, 0.5) is 19.0 Å². The molecule has 3 aromatic rings. The Bertz CT molecular complexity index is 792. The molecule has 0 unspecified atom stereocenters. The summed E-state index contributed by atoms with van der Waals surface area (Å²) < 4.78 is 39.6. The van der Waals surface area contributed by atoms with Gasteiger partial charge in [0.15, 0.2) is 5.65 Å². The van der Waals surface area contributed by atoms with Gasteiger partial charge in [0, 0.05) is 18.2 Å². The molecule has 0 atom stereocenters. The maximum Gasteiger partial charge on any atom is 0.416 e. The van der Waals surface area contributed by atoms with E-state index in [4.69, 9.17) is 5.73 Å². The van der Waals surface area contributed by atoms with Crippen molar-refractivity contribution < 1.29 is 13.2 Å². The third kappa shape index (κ3) is 2.54. The van der Waals surface area contributed by atoms with Gasteiger partial charge < -0.3 is 5.73 Å². The van der Waals surface area contributed by atoms with E-state index in [-0.39, 0.29) is 0 Å². The van der Waals surface area contributed by atoms with Crippen LogP contribution >= 0.6 is 0 Å². The van der Waals surface area contributed by atoms with Gasteiger partial charge in [0.25, 0.3) is 0 Å². The van der Waals surface area contributed by atoms with E-state index < -0.39 is 11.7 Å². The molecule has 0 fully saturated rings. The van der Waals surface area contributed by atoms with Crippen molar-refractivity contribution in [1.82, 2.24) is 14.6 Å². The van der Waals surface area contributed by atoms with Crippen molar-refractivity contribution in [2.45, 2.75) is 12.6 Å². The van der Waals surface area contributed by atoms with Gasteiger partial charge in [0.05, 0.1) is 11.8 Å². The fraction of sp³-hybridized carbons (Fsp3) is 0.143. The number of fused-ring (bicyclic) bond motifs is 1. The molecule has 3 rings (SSSR count). The predicted octanol–water partition coefficient (Wildman–Crippen LogP) is 2.92. The van der Waals surface area contributed by atoms with Gasteiger partial charge in [-0.05, 0) is 17.7 Å². The number of nitrogens with two attached hydrogens (primary N) is 1. The number of halogens is 3. The molecule has 1 aromatic carbocycles. The topological polar surface area (TPSA) is 56.2 Å². The number of nitrogen functional groups attached to an aromatic ring is 1. The highest BCUT2D eigenvalue weighted by Gasteiger charge is 2.30. The summed E-state index contributed by atoms with van der Waals surface area (Å²) >= 11 is 0. The monoisotopic (exact) mass is 292 g/mol. The highest BCUT2D eigenvalue weighted by Crippen LogP contribution is 2.30. The van der Waals surface area contributed by atoms with Crippen LogP contribution in [-0.2, 0) is 12.6 Å². The number of benzene rings is 1. The lowest BCUT2D eigenvalue weighted by Gasteiger charge is -2.08. The van der Waals surface area contributed by atoms with E-state index in [1.807, 2.05) is 0 Å². The second-order valence-corrected chi connectivity index (χ2v) is 4.65. The van der Waals surface area contributed by atoms with Gasteiger partial charge in [-0.2, -0.15) is 22.8 Å². The smallest absolute Gasteiger partial charge is 0.384 e. The highest BCUT2D eigenvalue weighted by molar-refractivity contribution is 5.52. The van der Waals surface area contributed by atoms with Crippen molar-refractivity contribution in [3.63, 3.8) is 0 Å². The van der Waals surface area contributed by atoms with Gasteiger partial charge in [0.1, 0.15) is 5.82 Å². The van der Waals surface area contributed by atoms with Crippen molar-refractivity contribution in [3.8, 4) is 0 Å². The zero-order chi connectivity index (χ0) is 15.0. The maximum absolute atomic E-state index is 12.7. The number of hydrogen-bond acceptors (Lipinski definition) is 3. The van der Waals surface area contributed by atoms with Crippen LogP contribution in [0.25, 0.3) is 5.65 Å². The van der Waals surface area contributed by atoms with Crippen molar-refractivity contribution in [2.75, 3.05) is 5.73 Å². The van der Waals surface area contributed by atoms with Crippen LogP contribution in [-0.4, -0.2) is 14.6 Å². The van der Waals surface area contributed by atoms with Crippen LogP contribution in [0.3, 0.4) is 0 Å². The molecular weight excluding hydrogens is 281 g/mol. The van der Waals surface area contributed by atoms with Gasteiger partial charge in [-0.15, -0.1) is 0 Å². The summed E-state index contributed by atoms with van der Waals surface area (Å²) in [5.41, 5.74) is 6.91. The zero-order valence-corrected chi connectivity index (χ0v) is 10.8. The molecule has 2 heterocycles. The van der Waals surface area contributed by atoms with E-state index in [0.29, 0.717) is 23.4 Å². The molecule has 4 nitrogen and oxygen atoms in total. The molecule has 0 aliphatic carbocycles. The summed E-state index contributed by atoms with van der Waals surface area (Å²) in [6.07, 6.45) is -0.926. The lowest BCUT2D eigenvalue weighted by atomic mass is 10.0. The third-order valence-corrected chi connectivity index (χ3v) is 3.15. The summed E-state index contributed by atoms with van der Waals surface area (Å²) in [6, 6.07) is 6.83. The zero-order valence-electron chi connectivity index (χ0n) is 10.8. The van der Waals surface area contributed by atoms with Gasteiger partial charge in [-0.25, -0.2) is 4.98 Å². The summed E-state index contributed by atoms with van der Waals surface area (Å²) in [7, 11) is 0. The number of aromatic nitrogens is 3. The van der Waals surface area contributed by atoms with Gasteiger partial charge in [-0.1, -0.05) is 18.2 Å². The maximum atomic E-state index is 12.7. The molecule has 108 valence electrons. The molecule has 0 amide bonds. The fourth-order valence-electron chi connectivity index (χ4n) is 2.16. The Morgan fingerprint density at radius 1 is 1.19 bits per heavy atom. The van der Waals surface area contributed by atoms with Crippen LogP contribution in [0.2, 0.25) is 0 Å². The fourth-order valence-corrected chi connectivity index (χ4v) is 2.16. The van der Waals surface area contributed by atoms with E-state index >= 15 is 0 Å². The average Bonchev–Trinajstić information content (AvgIpc) is 2.83. The number of rotatable bonds is 2. The van der Waals surface area contributed by atoms with Crippen molar-refractivity contribution >= 4 is 11.5 Å². The molecule has 2 N–H and O–H groups in total. The van der Waals surface area contributed by atoms with Crippen LogP contribution in [0.15, 0.2) is 42.7 Å². The predicted molar refractivity (Wildman–Crippen MR) is 71.6 cm³/mol. The van der Waals surface area contributed by atoms with E-state index in [1.54, 1.807) is 24.5 Å². The molecule has 0 aliphatic rings. The Hall–Kier alpha value is -2.57. The first-order valence-electron chi connectivity index (χ1n) is 6.18. The molecule has 21 heavy (non-hydrogen) atoms. The minimum absolute atomic E-state index is 0.309. The molecule has 2 aromatic heterocycles. The standard InChI is InChI=1S/C14H11F3N4/c15-14(16,17)11-3-1-2-9(7-11)6-10-8-20-21-12(18)4-5-19-13(10)21/h1-5,7-8H,6,18H2. The summed E-state index contributed by atoms with van der Waals surface area (Å²) in [5.74, 6) is 0.426. The van der Waals surface area contributed by atoms with Crippen molar-refractivity contribution in [2.24, 2.45) is 0 Å². The van der Waals surface area contributed by atoms with E-state index in [9.17, 15) is 13.2 Å². The molecule has 0 saturated carbocycles. The first-order valence-corrected chi connectivity index (χ1v) is 6.18. The summed E-state index contributed by atoms with van der Waals surface area (Å²) in [6.45, 7) is 0. The summed E-state index contributed by atoms with van der Waals surface area (Å²) in [4.78, 5) is 4.17. The Morgan fingerprint density at radius 3 is 2.76 bits per heavy atom. The first-order chi connectivity index (χ1) is 9.95. The quantitative estimate of drug-likeness (QED) is 0.790. The van der Waals surface area contributed by atoms with Gasteiger partial charge >= 0.3 is 6.18 Å². The molecule has 0 bridgehead atoms. The lowest BCUT2D eigenvalue weighted by Crippen LogP contribution is -2.05. The number of alkyl halides is 3. The van der Waals surface area contributed by atoms with Crippen LogP contribution in [0.5, 0.6) is 0 Å². The Morgan fingerprint density at radius 2 is 2.00 bits per heavy atom. The first kappa shape index (κ1) is 13.4. The van der Waals surface area contributed by atoms with E-state index in [0.717, 1.165) is 17.7 Å². The Kier molecular flexibility index (Phi) is 3.04. The lowest BCUT2D eigenvalue weighted by molar-refractivity contribution is -0.137. The highest BCUT2D eigenvalue weighted by atomic mass is 19.4. The average molecular weight is 292 g/mol.